The smallest absolute Gasteiger partial charge is 0.145 e. The summed E-state index contributed by atoms with van der Waals surface area (Å²) < 4.78 is 12.8. The maximum atomic E-state index is 12.8. The molecule has 19 heavy (non-hydrogen) atoms. The van der Waals surface area contributed by atoms with Crippen LogP contribution in [-0.4, -0.2) is 9.97 Å². The van der Waals surface area contributed by atoms with Gasteiger partial charge in [0.05, 0.1) is 0 Å². The Bertz CT molecular complexity index is 580. The molecule has 3 rings (SSSR count). The van der Waals surface area contributed by atoms with E-state index in [0.29, 0.717) is 17.6 Å². The minimum absolute atomic E-state index is 0.267. The van der Waals surface area contributed by atoms with Gasteiger partial charge in [-0.1, -0.05) is 0 Å². The summed E-state index contributed by atoms with van der Waals surface area (Å²) >= 11 is 0. The van der Waals surface area contributed by atoms with Gasteiger partial charge in [-0.05, 0) is 37.1 Å². The molecule has 0 amide bonds. The van der Waals surface area contributed by atoms with E-state index in [4.69, 9.17) is 5.84 Å². The third-order valence-electron chi connectivity index (χ3n) is 2.95. The van der Waals surface area contributed by atoms with Crippen molar-refractivity contribution in [1.82, 2.24) is 9.97 Å². The van der Waals surface area contributed by atoms with Crippen molar-refractivity contribution in [2.45, 2.75) is 18.8 Å². The highest BCUT2D eigenvalue weighted by Gasteiger charge is 2.27. The summed E-state index contributed by atoms with van der Waals surface area (Å²) in [5.41, 5.74) is 3.30. The first-order valence-electron chi connectivity index (χ1n) is 6.13. The largest absolute Gasteiger partial charge is 0.340 e. The Morgan fingerprint density at radius 1 is 1.11 bits per heavy atom. The molecule has 1 fully saturated rings. The van der Waals surface area contributed by atoms with Crippen LogP contribution in [0.3, 0.4) is 0 Å². The van der Waals surface area contributed by atoms with Crippen LogP contribution in [0.4, 0.5) is 21.7 Å². The fourth-order valence-electron chi connectivity index (χ4n) is 1.81. The van der Waals surface area contributed by atoms with E-state index in [2.05, 4.69) is 20.7 Å². The summed E-state index contributed by atoms with van der Waals surface area (Å²) in [4.78, 5) is 8.77. The lowest BCUT2D eigenvalue weighted by atomic mass is 10.3. The summed E-state index contributed by atoms with van der Waals surface area (Å²) in [6, 6.07) is 7.82. The summed E-state index contributed by atoms with van der Waals surface area (Å²) in [6.45, 7) is 0. The van der Waals surface area contributed by atoms with Gasteiger partial charge in [-0.25, -0.2) is 20.2 Å². The maximum Gasteiger partial charge on any atom is 0.145 e. The molecule has 0 bridgehead atoms. The van der Waals surface area contributed by atoms with Crippen LogP contribution in [-0.2, 0) is 0 Å². The van der Waals surface area contributed by atoms with Gasteiger partial charge < -0.3 is 10.7 Å². The van der Waals surface area contributed by atoms with Crippen molar-refractivity contribution in [2.24, 2.45) is 5.84 Å². The topological polar surface area (TPSA) is 75.9 Å². The zero-order chi connectivity index (χ0) is 13.2. The van der Waals surface area contributed by atoms with Gasteiger partial charge in [0.25, 0.3) is 0 Å². The van der Waals surface area contributed by atoms with Gasteiger partial charge >= 0.3 is 0 Å². The van der Waals surface area contributed by atoms with Crippen LogP contribution >= 0.6 is 0 Å². The number of hydrogen-bond acceptors (Lipinski definition) is 5. The number of hydrazine groups is 1. The fraction of sp³-hybridized carbons (Fsp3) is 0.231. The molecule has 5 nitrogen and oxygen atoms in total. The second-order valence-electron chi connectivity index (χ2n) is 4.55. The predicted molar refractivity (Wildman–Crippen MR) is 71.5 cm³/mol. The van der Waals surface area contributed by atoms with Crippen LogP contribution in [0, 0.1) is 5.82 Å². The second-order valence-corrected chi connectivity index (χ2v) is 4.55. The quantitative estimate of drug-likeness (QED) is 0.581. The highest BCUT2D eigenvalue weighted by Crippen LogP contribution is 2.38. The average molecular weight is 259 g/mol. The third kappa shape index (κ3) is 2.79. The first-order valence-corrected chi connectivity index (χ1v) is 6.13. The Hall–Kier alpha value is -2.21. The lowest BCUT2D eigenvalue weighted by Crippen LogP contribution is -2.11. The Kier molecular flexibility index (Phi) is 3.00. The van der Waals surface area contributed by atoms with Crippen LogP contribution < -0.4 is 16.6 Å². The number of nitrogen functional groups attached to an aromatic ring is 1. The van der Waals surface area contributed by atoms with Gasteiger partial charge in [0.2, 0.25) is 0 Å². The van der Waals surface area contributed by atoms with E-state index in [1.54, 1.807) is 18.2 Å². The maximum absolute atomic E-state index is 12.8. The van der Waals surface area contributed by atoms with Crippen molar-refractivity contribution in [3.05, 3.63) is 42.0 Å². The van der Waals surface area contributed by atoms with Gasteiger partial charge in [0, 0.05) is 17.7 Å². The number of nitrogens with one attached hydrogen (secondary N) is 2. The summed E-state index contributed by atoms with van der Waals surface area (Å²) in [6.07, 6.45) is 2.23. The highest BCUT2D eigenvalue weighted by atomic mass is 19.1. The first-order chi connectivity index (χ1) is 9.24. The Morgan fingerprint density at radius 3 is 2.42 bits per heavy atom. The third-order valence-corrected chi connectivity index (χ3v) is 2.95. The lowest BCUT2D eigenvalue weighted by molar-refractivity contribution is 0.628. The Morgan fingerprint density at radius 2 is 1.79 bits per heavy atom. The standard InChI is InChI=1S/C13H14FN5/c14-9-3-5-10(6-4-9)16-11-7-12(19-15)18-13(17-11)8-1-2-8/h3-8H,1-2,15H2,(H2,16,17,18,19). The average Bonchev–Trinajstić information content (AvgIpc) is 3.25. The van der Waals surface area contributed by atoms with Gasteiger partial charge in [0.15, 0.2) is 0 Å². The zero-order valence-electron chi connectivity index (χ0n) is 10.2. The Labute approximate surface area is 110 Å². The molecule has 0 saturated heterocycles. The number of rotatable bonds is 4. The van der Waals surface area contributed by atoms with Crippen molar-refractivity contribution in [2.75, 3.05) is 10.7 Å². The number of nitrogens with zero attached hydrogens (tertiary/aromatic N) is 2. The van der Waals surface area contributed by atoms with Gasteiger partial charge in [0.1, 0.15) is 23.3 Å². The SMILES string of the molecule is NNc1cc(Nc2ccc(F)cc2)nc(C2CC2)n1. The molecule has 1 heterocycles. The number of hydrogen-bond donors (Lipinski definition) is 3. The molecule has 1 aromatic carbocycles. The predicted octanol–water partition coefficient (Wildman–Crippen LogP) is 2.52. The van der Waals surface area contributed by atoms with Crippen molar-refractivity contribution in [1.29, 1.82) is 0 Å². The number of nitrogens with two attached hydrogens (primary N) is 1. The van der Waals surface area contributed by atoms with Crippen molar-refractivity contribution in [3.8, 4) is 0 Å². The minimum Gasteiger partial charge on any atom is -0.340 e. The van der Waals surface area contributed by atoms with Crippen molar-refractivity contribution < 1.29 is 4.39 Å². The molecule has 0 atom stereocenters. The Balaban J connectivity index is 1.86. The van der Waals surface area contributed by atoms with Crippen LogP contribution in [0.5, 0.6) is 0 Å². The van der Waals surface area contributed by atoms with E-state index in [1.807, 2.05) is 0 Å². The molecule has 1 saturated carbocycles. The molecular weight excluding hydrogens is 245 g/mol. The fourth-order valence-corrected chi connectivity index (χ4v) is 1.81. The summed E-state index contributed by atoms with van der Waals surface area (Å²) in [5, 5.41) is 3.12. The molecule has 4 N–H and O–H groups in total. The molecular formula is C13H14FN5. The van der Waals surface area contributed by atoms with E-state index in [9.17, 15) is 4.39 Å². The first kappa shape index (κ1) is 11.9. The minimum atomic E-state index is -0.267. The number of anilines is 3. The molecule has 1 aliphatic carbocycles. The molecule has 6 heteroatoms. The molecule has 0 aliphatic heterocycles. The monoisotopic (exact) mass is 259 g/mol. The van der Waals surface area contributed by atoms with E-state index in [-0.39, 0.29) is 5.82 Å². The number of halogens is 1. The number of aromatic nitrogens is 2. The van der Waals surface area contributed by atoms with E-state index >= 15 is 0 Å². The second kappa shape index (κ2) is 4.81. The summed E-state index contributed by atoms with van der Waals surface area (Å²) in [5.74, 6) is 7.58. The highest BCUT2D eigenvalue weighted by molar-refractivity contribution is 5.59. The van der Waals surface area contributed by atoms with Crippen LogP contribution in [0.2, 0.25) is 0 Å². The zero-order valence-corrected chi connectivity index (χ0v) is 10.2. The van der Waals surface area contributed by atoms with Gasteiger partial charge in [-0.2, -0.15) is 0 Å². The molecule has 0 spiro atoms. The van der Waals surface area contributed by atoms with Crippen molar-refractivity contribution >= 4 is 17.3 Å². The normalized spacial score (nSPS) is 14.2. The molecule has 1 aromatic heterocycles. The lowest BCUT2D eigenvalue weighted by Gasteiger charge is -2.09. The van der Waals surface area contributed by atoms with Crippen molar-refractivity contribution in [3.63, 3.8) is 0 Å². The van der Waals surface area contributed by atoms with Gasteiger partial charge in [-0.15, -0.1) is 0 Å². The number of benzene rings is 1. The molecule has 1 aliphatic rings. The van der Waals surface area contributed by atoms with Crippen LogP contribution in [0.25, 0.3) is 0 Å². The van der Waals surface area contributed by atoms with E-state index in [0.717, 1.165) is 24.4 Å². The molecule has 2 aromatic rings. The molecule has 0 unspecified atom stereocenters. The molecule has 0 radical (unpaired) electrons. The van der Waals surface area contributed by atoms with Crippen LogP contribution in [0.1, 0.15) is 24.6 Å². The van der Waals surface area contributed by atoms with E-state index in [1.165, 1.54) is 12.1 Å². The van der Waals surface area contributed by atoms with Crippen LogP contribution in [0.15, 0.2) is 30.3 Å². The van der Waals surface area contributed by atoms with Gasteiger partial charge in [-0.3, -0.25) is 0 Å². The van der Waals surface area contributed by atoms with E-state index < -0.39 is 0 Å². The summed E-state index contributed by atoms with van der Waals surface area (Å²) in [7, 11) is 0. The molecule has 98 valence electrons.